The zero-order chi connectivity index (χ0) is 21.2. The van der Waals surface area contributed by atoms with Crippen LogP contribution in [0.15, 0.2) is 24.3 Å². The van der Waals surface area contributed by atoms with E-state index < -0.39 is 6.03 Å². The summed E-state index contributed by atoms with van der Waals surface area (Å²) in [6.45, 7) is 8.45. The van der Waals surface area contributed by atoms with Gasteiger partial charge in [0.1, 0.15) is 10.7 Å². The third-order valence-electron chi connectivity index (χ3n) is 5.05. The Labute approximate surface area is 174 Å². The number of nitrogens with zero attached hydrogens (tertiary/aromatic N) is 1. The van der Waals surface area contributed by atoms with E-state index in [1.54, 1.807) is 6.92 Å². The highest BCUT2D eigenvalue weighted by atomic mass is 32.1. The number of anilines is 2. The van der Waals surface area contributed by atoms with Gasteiger partial charge in [-0.05, 0) is 61.8 Å². The standard InChI is InChI=1S/C21H27FN4O2S/c1-12-9-16(11-21(3,4)10-12)24-18(27)17-13(2)23-20(29-17)26-19(28)25-15-7-5-14(22)6-8-15/h5-8,12,16H,9-11H2,1-4H3,(H,24,27)(H2,23,25,26,28). The number of rotatable bonds is 4. The van der Waals surface area contributed by atoms with Crippen LogP contribution in [0, 0.1) is 24.1 Å². The zero-order valence-corrected chi connectivity index (χ0v) is 18.0. The Morgan fingerprint density at radius 1 is 1.17 bits per heavy atom. The summed E-state index contributed by atoms with van der Waals surface area (Å²) >= 11 is 1.14. The molecule has 0 spiro atoms. The average Bonchev–Trinajstić information content (AvgIpc) is 2.95. The van der Waals surface area contributed by atoms with E-state index in [0.717, 1.165) is 30.6 Å². The normalized spacial score (nSPS) is 20.7. The predicted molar refractivity (Wildman–Crippen MR) is 114 cm³/mol. The molecule has 156 valence electrons. The van der Waals surface area contributed by atoms with Gasteiger partial charge in [-0.3, -0.25) is 10.1 Å². The summed E-state index contributed by atoms with van der Waals surface area (Å²) in [5.41, 5.74) is 1.25. The number of nitrogens with one attached hydrogen (secondary N) is 3. The Morgan fingerprint density at radius 3 is 2.52 bits per heavy atom. The largest absolute Gasteiger partial charge is 0.349 e. The number of amides is 3. The monoisotopic (exact) mass is 418 g/mol. The van der Waals surface area contributed by atoms with Gasteiger partial charge in [-0.25, -0.2) is 14.2 Å². The van der Waals surface area contributed by atoms with Crippen molar-refractivity contribution < 1.29 is 14.0 Å². The highest BCUT2D eigenvalue weighted by Crippen LogP contribution is 2.38. The molecular formula is C21H27FN4O2S. The van der Waals surface area contributed by atoms with Crippen molar-refractivity contribution in [3.05, 3.63) is 40.7 Å². The molecule has 1 heterocycles. The summed E-state index contributed by atoms with van der Waals surface area (Å²) in [4.78, 5) is 29.7. The number of carbonyl (C=O) groups excluding carboxylic acids is 2. The minimum absolute atomic E-state index is 0.140. The van der Waals surface area contributed by atoms with Gasteiger partial charge in [0.15, 0.2) is 5.13 Å². The summed E-state index contributed by atoms with van der Waals surface area (Å²) in [6, 6.07) is 5.10. The number of hydrogen-bond donors (Lipinski definition) is 3. The molecule has 3 amide bonds. The molecule has 1 aliphatic rings. The first-order valence-corrected chi connectivity index (χ1v) is 10.5. The topological polar surface area (TPSA) is 83.1 Å². The lowest BCUT2D eigenvalue weighted by Crippen LogP contribution is -2.42. The maximum Gasteiger partial charge on any atom is 0.325 e. The van der Waals surface area contributed by atoms with Gasteiger partial charge >= 0.3 is 6.03 Å². The summed E-state index contributed by atoms with van der Waals surface area (Å²) in [7, 11) is 0. The van der Waals surface area contributed by atoms with Crippen LogP contribution in [-0.2, 0) is 0 Å². The second-order valence-corrected chi connectivity index (χ2v) is 9.60. The Balaban J connectivity index is 1.61. The molecule has 8 heteroatoms. The molecule has 3 N–H and O–H groups in total. The van der Waals surface area contributed by atoms with Gasteiger partial charge < -0.3 is 10.6 Å². The fourth-order valence-corrected chi connectivity index (χ4v) is 5.02. The SMILES string of the molecule is Cc1nc(NC(=O)Nc2ccc(F)cc2)sc1C(=O)NC1CC(C)CC(C)(C)C1. The number of aryl methyl sites for hydroxylation is 1. The summed E-state index contributed by atoms with van der Waals surface area (Å²) in [5.74, 6) is 0.0405. The van der Waals surface area contributed by atoms with Crippen molar-refractivity contribution in [3.63, 3.8) is 0 Å². The molecule has 1 aromatic carbocycles. The van der Waals surface area contributed by atoms with Crippen molar-refractivity contribution in [3.8, 4) is 0 Å². The molecule has 0 radical (unpaired) electrons. The first kappa shape index (κ1) is 21.2. The fraction of sp³-hybridized carbons (Fsp3) is 0.476. The first-order chi connectivity index (χ1) is 13.6. The molecule has 2 atom stereocenters. The lowest BCUT2D eigenvalue weighted by atomic mass is 9.70. The second kappa shape index (κ2) is 8.49. The van der Waals surface area contributed by atoms with E-state index in [9.17, 15) is 14.0 Å². The van der Waals surface area contributed by atoms with Crippen molar-refractivity contribution in [2.45, 2.75) is 53.0 Å². The Morgan fingerprint density at radius 2 is 1.86 bits per heavy atom. The van der Waals surface area contributed by atoms with Gasteiger partial charge in [-0.15, -0.1) is 0 Å². The van der Waals surface area contributed by atoms with E-state index in [2.05, 4.69) is 41.7 Å². The van der Waals surface area contributed by atoms with Gasteiger partial charge in [0.05, 0.1) is 5.69 Å². The Bertz CT molecular complexity index is 895. The molecule has 0 bridgehead atoms. The Hall–Kier alpha value is -2.48. The number of urea groups is 1. The van der Waals surface area contributed by atoms with E-state index in [-0.39, 0.29) is 23.2 Å². The smallest absolute Gasteiger partial charge is 0.325 e. The van der Waals surface area contributed by atoms with Crippen LogP contribution in [0.1, 0.15) is 55.4 Å². The second-order valence-electron chi connectivity index (χ2n) is 8.60. The first-order valence-electron chi connectivity index (χ1n) is 9.73. The lowest BCUT2D eigenvalue weighted by molar-refractivity contribution is 0.0877. The van der Waals surface area contributed by atoms with Crippen LogP contribution in [-0.4, -0.2) is 23.0 Å². The van der Waals surface area contributed by atoms with Crippen LogP contribution in [0.3, 0.4) is 0 Å². The minimum Gasteiger partial charge on any atom is -0.349 e. The number of halogens is 1. The number of thiazole rings is 1. The van der Waals surface area contributed by atoms with Crippen molar-refractivity contribution in [1.82, 2.24) is 10.3 Å². The van der Waals surface area contributed by atoms with Gasteiger partial charge in [-0.1, -0.05) is 32.1 Å². The van der Waals surface area contributed by atoms with E-state index in [1.165, 1.54) is 24.3 Å². The summed E-state index contributed by atoms with van der Waals surface area (Å²) in [5, 5.41) is 8.71. The molecule has 0 aliphatic heterocycles. The van der Waals surface area contributed by atoms with Crippen LogP contribution in [0.2, 0.25) is 0 Å². The van der Waals surface area contributed by atoms with Crippen LogP contribution < -0.4 is 16.0 Å². The number of carbonyl (C=O) groups is 2. The van der Waals surface area contributed by atoms with E-state index in [0.29, 0.717) is 27.3 Å². The maximum atomic E-state index is 13.0. The summed E-state index contributed by atoms with van der Waals surface area (Å²) < 4.78 is 13.0. The molecule has 3 rings (SSSR count). The van der Waals surface area contributed by atoms with E-state index in [1.807, 2.05) is 0 Å². The highest BCUT2D eigenvalue weighted by molar-refractivity contribution is 7.17. The van der Waals surface area contributed by atoms with Crippen molar-refractivity contribution >= 4 is 34.1 Å². The molecule has 1 aromatic heterocycles. The van der Waals surface area contributed by atoms with Gasteiger partial charge in [0.25, 0.3) is 5.91 Å². The van der Waals surface area contributed by atoms with Crippen molar-refractivity contribution in [2.75, 3.05) is 10.6 Å². The zero-order valence-electron chi connectivity index (χ0n) is 17.1. The van der Waals surface area contributed by atoms with Gasteiger partial charge in [-0.2, -0.15) is 0 Å². The molecular weight excluding hydrogens is 391 g/mol. The van der Waals surface area contributed by atoms with Crippen molar-refractivity contribution in [1.29, 1.82) is 0 Å². The quantitative estimate of drug-likeness (QED) is 0.640. The van der Waals surface area contributed by atoms with Crippen LogP contribution in [0.25, 0.3) is 0 Å². The number of hydrogen-bond acceptors (Lipinski definition) is 4. The molecule has 1 fully saturated rings. The van der Waals surface area contributed by atoms with E-state index >= 15 is 0 Å². The molecule has 29 heavy (non-hydrogen) atoms. The fourth-order valence-electron chi connectivity index (χ4n) is 4.16. The van der Waals surface area contributed by atoms with Crippen molar-refractivity contribution in [2.24, 2.45) is 11.3 Å². The number of benzene rings is 1. The third-order valence-corrected chi connectivity index (χ3v) is 6.12. The molecule has 1 aliphatic carbocycles. The molecule has 2 aromatic rings. The molecule has 2 unspecified atom stereocenters. The lowest BCUT2D eigenvalue weighted by Gasteiger charge is -2.39. The molecule has 1 saturated carbocycles. The average molecular weight is 419 g/mol. The highest BCUT2D eigenvalue weighted by Gasteiger charge is 2.33. The number of aromatic nitrogens is 1. The van der Waals surface area contributed by atoms with Gasteiger partial charge in [0.2, 0.25) is 0 Å². The third kappa shape index (κ3) is 5.76. The molecule has 0 saturated heterocycles. The Kier molecular flexibility index (Phi) is 6.21. The van der Waals surface area contributed by atoms with E-state index in [4.69, 9.17) is 0 Å². The predicted octanol–water partition coefficient (Wildman–Crippen LogP) is 5.18. The van der Waals surface area contributed by atoms with Crippen LogP contribution in [0.5, 0.6) is 0 Å². The van der Waals surface area contributed by atoms with Crippen LogP contribution in [0.4, 0.5) is 20.0 Å². The van der Waals surface area contributed by atoms with Gasteiger partial charge in [0, 0.05) is 11.7 Å². The molecule has 6 nitrogen and oxygen atoms in total. The minimum atomic E-state index is -0.500. The summed E-state index contributed by atoms with van der Waals surface area (Å²) in [6.07, 6.45) is 3.08. The maximum absolute atomic E-state index is 13.0. The van der Waals surface area contributed by atoms with Crippen LogP contribution >= 0.6 is 11.3 Å².